The summed E-state index contributed by atoms with van der Waals surface area (Å²) < 4.78 is 0. The second-order valence-corrected chi connectivity index (χ2v) is 19.2. The van der Waals surface area contributed by atoms with Gasteiger partial charge in [0.05, 0.1) is 6.04 Å². The van der Waals surface area contributed by atoms with Gasteiger partial charge in [0.15, 0.2) is 0 Å². The Morgan fingerprint density at radius 3 is 1.52 bits per heavy atom. The molecule has 1 aromatic heterocycles. The smallest absolute Gasteiger partial charge is 0.326 e. The SMILES string of the molecule is CC[C@H](C)[C@H](NC(=O)[C@H](C)NC(=O)[C@H](CCC(=O)O)NC(=O)[C@H](Cc1ccccc1)NC(=O)[C@H](Cc1ccc(O)cc1)NC(=O)[C@@H](NC(=O)[C@@H](N)CCC(=O)O)[C@@H](C)CC)C(=O)N[C@@H](Cc1c[nH]c2ccccc12)C(=O)O. The lowest BCUT2D eigenvalue weighted by molar-refractivity contribution is -0.142. The predicted molar refractivity (Wildman–Crippen MR) is 281 cm³/mol. The van der Waals surface area contributed by atoms with Gasteiger partial charge in [0, 0.05) is 49.2 Å². The number of hydrogen-bond donors (Lipinski definition) is 13. The Balaban J connectivity index is 1.56. The second kappa shape index (κ2) is 29.7. The lowest BCUT2D eigenvalue weighted by Gasteiger charge is -2.29. The summed E-state index contributed by atoms with van der Waals surface area (Å²) in [5.41, 5.74) is 8.35. The van der Waals surface area contributed by atoms with E-state index in [1.54, 1.807) is 70.3 Å². The first-order valence-electron chi connectivity index (χ1n) is 25.4. The topological polar surface area (TPSA) is 378 Å². The number of carbonyl (C=O) groups excluding carboxylic acids is 7. The van der Waals surface area contributed by atoms with Gasteiger partial charge >= 0.3 is 17.9 Å². The Labute approximate surface area is 445 Å². The van der Waals surface area contributed by atoms with E-state index in [0.717, 1.165) is 10.9 Å². The van der Waals surface area contributed by atoms with Crippen molar-refractivity contribution in [2.45, 2.75) is 141 Å². The molecule has 23 heteroatoms. The third kappa shape index (κ3) is 19.1. The van der Waals surface area contributed by atoms with Crippen molar-refractivity contribution in [3.05, 3.63) is 102 Å². The zero-order chi connectivity index (χ0) is 56.9. The molecule has 77 heavy (non-hydrogen) atoms. The standard InChI is InChI=1S/C54H71N9O14/c1-6-29(3)45(53(75)61-42(54(76)77)27-34-28-56-38-16-12-11-15-36(34)38)62-47(69)31(5)57-49(71)39(22-24-44(67)68)58-50(72)40(25-32-13-9-8-10-14-32)59-51(73)41(26-33-17-19-35(64)20-18-33)60-52(74)46(30(4)7-2)63-48(70)37(55)21-23-43(65)66/h8-20,28-31,37,39-42,45-46,56,64H,6-7,21-27,55H2,1-5H3,(H,57,71)(H,58,72)(H,59,73)(H,60,74)(H,61,75)(H,62,69)(H,63,70)(H,65,66)(H,67,68)(H,76,77)/t29-,30-,31-,37-,39-,40-,41-,42-,45-,46-/m0/s1. The van der Waals surface area contributed by atoms with Crippen LogP contribution in [-0.2, 0) is 67.2 Å². The number of hydrogen-bond acceptors (Lipinski definition) is 12. The first-order valence-corrected chi connectivity index (χ1v) is 25.4. The van der Waals surface area contributed by atoms with Gasteiger partial charge in [-0.05, 0) is 66.5 Å². The molecule has 416 valence electrons. The molecule has 0 bridgehead atoms. The van der Waals surface area contributed by atoms with Crippen molar-refractivity contribution < 1.29 is 68.4 Å². The zero-order valence-corrected chi connectivity index (χ0v) is 43.7. The summed E-state index contributed by atoms with van der Waals surface area (Å²) in [4.78, 5) is 136. The summed E-state index contributed by atoms with van der Waals surface area (Å²) in [6.07, 6.45) is 0.186. The number of phenols is 1. The van der Waals surface area contributed by atoms with Crippen molar-refractivity contribution >= 4 is 70.2 Å². The average Bonchev–Trinajstić information content (AvgIpc) is 3.81. The normalized spacial score (nSPS) is 15.0. The average molecular weight is 1070 g/mol. The number of aliphatic carboxylic acids is 3. The van der Waals surface area contributed by atoms with Crippen molar-refractivity contribution in [1.82, 2.24) is 42.2 Å². The highest BCUT2D eigenvalue weighted by molar-refractivity contribution is 5.98. The number of carbonyl (C=O) groups is 10. The number of fused-ring (bicyclic) bond motifs is 1. The summed E-state index contributed by atoms with van der Waals surface area (Å²) in [5.74, 6) is -11.1. The van der Waals surface area contributed by atoms with Crippen LogP contribution in [0.15, 0.2) is 85.1 Å². The molecule has 4 aromatic rings. The van der Waals surface area contributed by atoms with Crippen LogP contribution >= 0.6 is 0 Å². The van der Waals surface area contributed by atoms with E-state index in [0.29, 0.717) is 29.5 Å². The molecule has 0 aliphatic heterocycles. The molecule has 0 aliphatic carbocycles. The number of aromatic amines is 1. The number of nitrogens with one attached hydrogen (secondary N) is 8. The predicted octanol–water partition coefficient (Wildman–Crippen LogP) is 1.55. The maximum Gasteiger partial charge on any atom is 0.326 e. The fourth-order valence-corrected chi connectivity index (χ4v) is 8.19. The van der Waals surface area contributed by atoms with Crippen molar-refractivity contribution in [2.75, 3.05) is 0 Å². The number of aromatic hydroxyl groups is 1. The molecule has 23 nitrogen and oxygen atoms in total. The van der Waals surface area contributed by atoms with Crippen LogP contribution in [0, 0.1) is 11.8 Å². The van der Waals surface area contributed by atoms with Gasteiger partial charge < -0.3 is 68.4 Å². The van der Waals surface area contributed by atoms with Gasteiger partial charge in [-0.3, -0.25) is 43.2 Å². The van der Waals surface area contributed by atoms with Crippen molar-refractivity contribution in [1.29, 1.82) is 0 Å². The first-order chi connectivity index (χ1) is 36.5. The van der Waals surface area contributed by atoms with Crippen LogP contribution in [0.3, 0.4) is 0 Å². The molecule has 0 aliphatic rings. The Hall–Kier alpha value is -8.34. The van der Waals surface area contributed by atoms with Crippen molar-refractivity contribution in [2.24, 2.45) is 17.6 Å². The molecule has 10 atom stereocenters. The highest BCUT2D eigenvalue weighted by Crippen LogP contribution is 2.20. The number of H-pyrrole nitrogens is 1. The molecule has 0 fully saturated rings. The van der Waals surface area contributed by atoms with E-state index >= 15 is 0 Å². The number of para-hydroxylation sites is 1. The van der Waals surface area contributed by atoms with Crippen LogP contribution in [0.25, 0.3) is 10.9 Å². The van der Waals surface area contributed by atoms with Crippen LogP contribution in [0.5, 0.6) is 5.75 Å². The largest absolute Gasteiger partial charge is 0.508 e. The molecule has 14 N–H and O–H groups in total. The third-order valence-corrected chi connectivity index (χ3v) is 13.3. The van der Waals surface area contributed by atoms with Crippen LogP contribution in [0.2, 0.25) is 0 Å². The fourth-order valence-electron chi connectivity index (χ4n) is 8.19. The maximum absolute atomic E-state index is 14.5. The monoisotopic (exact) mass is 1070 g/mol. The van der Waals surface area contributed by atoms with Gasteiger partial charge in [-0.25, -0.2) is 4.79 Å². The number of rotatable bonds is 31. The lowest BCUT2D eigenvalue weighted by Crippen LogP contribution is -2.61. The van der Waals surface area contributed by atoms with E-state index in [-0.39, 0.29) is 31.4 Å². The van der Waals surface area contributed by atoms with E-state index in [1.807, 2.05) is 18.2 Å². The summed E-state index contributed by atoms with van der Waals surface area (Å²) in [5, 5.41) is 57.6. The minimum absolute atomic E-state index is 0.0788. The molecule has 0 saturated carbocycles. The molecule has 0 spiro atoms. The van der Waals surface area contributed by atoms with Gasteiger partial charge in [-0.15, -0.1) is 0 Å². The van der Waals surface area contributed by atoms with Crippen LogP contribution in [0.1, 0.15) is 89.8 Å². The van der Waals surface area contributed by atoms with Gasteiger partial charge in [0.2, 0.25) is 41.4 Å². The second-order valence-electron chi connectivity index (χ2n) is 19.2. The summed E-state index contributed by atoms with van der Waals surface area (Å²) in [6.45, 7) is 8.15. The molecule has 0 saturated heterocycles. The quantitative estimate of drug-likeness (QED) is 0.0340. The Morgan fingerprint density at radius 2 is 0.974 bits per heavy atom. The Morgan fingerprint density at radius 1 is 0.506 bits per heavy atom. The molecular weight excluding hydrogens is 999 g/mol. The number of carboxylic acids is 3. The Bertz CT molecular complexity index is 2700. The number of benzene rings is 3. The number of amides is 7. The highest BCUT2D eigenvalue weighted by Gasteiger charge is 2.36. The number of aromatic nitrogens is 1. The number of carboxylic acid groups (broad SMARTS) is 3. The molecule has 3 aromatic carbocycles. The Kier molecular flexibility index (Phi) is 23.6. The van der Waals surface area contributed by atoms with Crippen molar-refractivity contribution in [3.63, 3.8) is 0 Å². The van der Waals surface area contributed by atoms with Crippen molar-refractivity contribution in [3.8, 4) is 5.75 Å². The molecule has 0 radical (unpaired) electrons. The minimum atomic E-state index is -1.62. The van der Waals surface area contributed by atoms with E-state index in [9.17, 15) is 63.3 Å². The summed E-state index contributed by atoms with van der Waals surface area (Å²) >= 11 is 0. The van der Waals surface area contributed by atoms with E-state index in [4.69, 9.17) is 10.8 Å². The van der Waals surface area contributed by atoms with Gasteiger partial charge in [0.25, 0.3) is 0 Å². The van der Waals surface area contributed by atoms with Crippen LogP contribution in [-0.4, -0.2) is 133 Å². The van der Waals surface area contributed by atoms with Gasteiger partial charge in [-0.1, -0.05) is 101 Å². The van der Waals surface area contributed by atoms with E-state index in [2.05, 4.69) is 42.2 Å². The minimum Gasteiger partial charge on any atom is -0.508 e. The molecule has 7 amide bonds. The molecule has 1 heterocycles. The molecule has 0 unspecified atom stereocenters. The third-order valence-electron chi connectivity index (χ3n) is 13.3. The zero-order valence-electron chi connectivity index (χ0n) is 43.7. The highest BCUT2D eigenvalue weighted by atomic mass is 16.4. The van der Waals surface area contributed by atoms with Gasteiger partial charge in [-0.2, -0.15) is 0 Å². The lowest BCUT2D eigenvalue weighted by atomic mass is 9.96. The number of phenolic OH excluding ortho intramolecular Hbond substituents is 1. The summed E-state index contributed by atoms with van der Waals surface area (Å²) in [6, 6.07) is 10.2. The fraction of sp³-hybridized carbons (Fsp3) is 0.444. The molecular formula is C54H71N9O14. The van der Waals surface area contributed by atoms with Gasteiger partial charge in [0.1, 0.15) is 48.0 Å². The van der Waals surface area contributed by atoms with E-state index < -0.39 is 139 Å². The van der Waals surface area contributed by atoms with Crippen LogP contribution < -0.4 is 43.0 Å². The number of nitrogens with two attached hydrogens (primary N) is 1. The molecule has 4 rings (SSSR count). The van der Waals surface area contributed by atoms with E-state index in [1.165, 1.54) is 31.2 Å². The first kappa shape index (κ1) is 61.2. The summed E-state index contributed by atoms with van der Waals surface area (Å²) in [7, 11) is 0. The maximum atomic E-state index is 14.5. The van der Waals surface area contributed by atoms with Crippen LogP contribution in [0.4, 0.5) is 0 Å².